The fourth-order valence-electron chi connectivity index (χ4n) is 3.50. The molecule has 0 N–H and O–H groups in total. The number of hydrogen-bond donors (Lipinski definition) is 0. The van der Waals surface area contributed by atoms with Crippen LogP contribution in [-0.2, 0) is 4.74 Å². The smallest absolute Gasteiger partial charge is 0.406 e. The molecule has 4 nitrogen and oxygen atoms in total. The van der Waals surface area contributed by atoms with E-state index in [0.29, 0.717) is 5.01 Å². The summed E-state index contributed by atoms with van der Waals surface area (Å²) in [5, 5.41) is 0.498. The molecule has 9 heteroatoms. The molecule has 1 fully saturated rings. The number of piperidine rings is 1. The molecular weight excluding hydrogens is 420 g/mol. The Bertz CT molecular complexity index is 983. The molecule has 1 atom stereocenters. The Morgan fingerprint density at radius 2 is 1.87 bits per heavy atom. The third-order valence-electron chi connectivity index (χ3n) is 5.01. The van der Waals surface area contributed by atoms with E-state index in [1.807, 2.05) is 31.3 Å². The van der Waals surface area contributed by atoms with E-state index in [2.05, 4.69) is 14.6 Å². The van der Waals surface area contributed by atoms with Gasteiger partial charge in [0.25, 0.3) is 0 Å². The van der Waals surface area contributed by atoms with Crippen molar-refractivity contribution in [3.63, 3.8) is 0 Å². The molecule has 0 radical (unpaired) electrons. The van der Waals surface area contributed by atoms with Crippen LogP contribution in [0.4, 0.5) is 17.6 Å². The number of likely N-dealkylation sites (tertiary alicyclic amines) is 1. The Morgan fingerprint density at radius 1 is 1.13 bits per heavy atom. The zero-order valence-corrected chi connectivity index (χ0v) is 17.0. The summed E-state index contributed by atoms with van der Waals surface area (Å²) in [6.07, 6.45) is -4.44. The maximum Gasteiger partial charge on any atom is 0.573 e. The van der Waals surface area contributed by atoms with Crippen LogP contribution in [0.15, 0.2) is 42.5 Å². The third-order valence-corrected chi connectivity index (χ3v) is 6.09. The normalized spacial score (nSPS) is 17.4. The molecule has 0 amide bonds. The SMILES string of the molecule is CN1CCC(OC(c2nc3ccccc3s2)c2cc(OC(F)(F)F)ccc2F)CC1. The predicted octanol–water partition coefficient (Wildman–Crippen LogP) is 5.53. The van der Waals surface area contributed by atoms with Crippen LogP contribution < -0.4 is 4.74 Å². The standard InChI is InChI=1S/C21H20F4N2O2S/c1-27-10-8-13(9-11-27)28-19(20-26-17-4-2-3-5-18(17)30-20)15-12-14(6-7-16(15)22)29-21(23,24)25/h2-7,12-13,19H,8-11H2,1H3. The monoisotopic (exact) mass is 440 g/mol. The highest BCUT2D eigenvalue weighted by molar-refractivity contribution is 7.18. The van der Waals surface area contributed by atoms with Gasteiger partial charge < -0.3 is 14.4 Å². The molecule has 2 aromatic carbocycles. The highest BCUT2D eigenvalue weighted by atomic mass is 32.1. The third kappa shape index (κ3) is 4.91. The Balaban J connectivity index is 1.72. The summed E-state index contributed by atoms with van der Waals surface area (Å²) in [5.41, 5.74) is 0.715. The number of alkyl halides is 3. The lowest BCUT2D eigenvalue weighted by Gasteiger charge is -2.31. The van der Waals surface area contributed by atoms with Crippen molar-refractivity contribution in [2.75, 3.05) is 20.1 Å². The lowest BCUT2D eigenvalue weighted by Crippen LogP contribution is -2.35. The maximum atomic E-state index is 14.8. The quantitative estimate of drug-likeness (QED) is 0.489. The number of nitrogens with zero attached hydrogens (tertiary/aromatic N) is 2. The average Bonchev–Trinajstić information content (AvgIpc) is 3.12. The summed E-state index contributed by atoms with van der Waals surface area (Å²) in [6, 6.07) is 10.4. The van der Waals surface area contributed by atoms with E-state index in [0.717, 1.165) is 54.3 Å². The van der Waals surface area contributed by atoms with Crippen LogP contribution in [-0.4, -0.2) is 42.5 Å². The number of rotatable bonds is 5. The predicted molar refractivity (Wildman–Crippen MR) is 106 cm³/mol. The number of para-hydroxylation sites is 1. The van der Waals surface area contributed by atoms with Crippen LogP contribution in [0.1, 0.15) is 29.5 Å². The van der Waals surface area contributed by atoms with Gasteiger partial charge in [0.2, 0.25) is 0 Å². The molecule has 0 aliphatic carbocycles. The van der Waals surface area contributed by atoms with Gasteiger partial charge in [0, 0.05) is 18.7 Å². The molecule has 160 valence electrons. The van der Waals surface area contributed by atoms with Gasteiger partial charge in [-0.3, -0.25) is 0 Å². The van der Waals surface area contributed by atoms with Crippen LogP contribution in [0.5, 0.6) is 5.75 Å². The van der Waals surface area contributed by atoms with Crippen molar-refractivity contribution >= 4 is 21.6 Å². The van der Waals surface area contributed by atoms with Crippen LogP contribution in [0, 0.1) is 5.82 Å². The van der Waals surface area contributed by atoms with Crippen molar-refractivity contribution in [2.45, 2.75) is 31.4 Å². The summed E-state index contributed by atoms with van der Waals surface area (Å²) in [6.45, 7) is 1.66. The summed E-state index contributed by atoms with van der Waals surface area (Å²) >= 11 is 1.34. The number of halogens is 4. The van der Waals surface area contributed by atoms with Crippen molar-refractivity contribution in [3.8, 4) is 5.75 Å². The first-order chi connectivity index (χ1) is 14.3. The number of fused-ring (bicyclic) bond motifs is 1. The molecule has 1 aromatic heterocycles. The molecule has 0 saturated carbocycles. The van der Waals surface area contributed by atoms with Crippen LogP contribution in [0.2, 0.25) is 0 Å². The second-order valence-electron chi connectivity index (χ2n) is 7.27. The van der Waals surface area contributed by atoms with Gasteiger partial charge in [-0.15, -0.1) is 24.5 Å². The molecular formula is C21H20F4N2O2S. The highest BCUT2D eigenvalue weighted by Gasteiger charge is 2.33. The number of hydrogen-bond acceptors (Lipinski definition) is 5. The zero-order chi connectivity index (χ0) is 21.3. The van der Waals surface area contributed by atoms with E-state index in [1.54, 1.807) is 0 Å². The minimum absolute atomic E-state index is 0.0188. The summed E-state index contributed by atoms with van der Waals surface area (Å²) in [5.74, 6) is -1.15. The minimum Gasteiger partial charge on any atom is -0.406 e. The van der Waals surface area contributed by atoms with Gasteiger partial charge in [-0.2, -0.15) is 0 Å². The van der Waals surface area contributed by atoms with Crippen molar-refractivity contribution in [1.29, 1.82) is 0 Å². The molecule has 1 aliphatic rings. The molecule has 1 saturated heterocycles. The molecule has 1 unspecified atom stereocenters. The largest absolute Gasteiger partial charge is 0.573 e. The summed E-state index contributed by atoms with van der Waals surface area (Å²) in [4.78, 5) is 6.74. The van der Waals surface area contributed by atoms with Crippen molar-refractivity contribution in [2.24, 2.45) is 0 Å². The first-order valence-electron chi connectivity index (χ1n) is 9.53. The first-order valence-corrected chi connectivity index (χ1v) is 10.3. The van der Waals surface area contributed by atoms with Gasteiger partial charge >= 0.3 is 6.36 Å². The van der Waals surface area contributed by atoms with Gasteiger partial charge in [0.15, 0.2) is 0 Å². The van der Waals surface area contributed by atoms with Crippen LogP contribution in [0.3, 0.4) is 0 Å². The number of thiazole rings is 1. The average molecular weight is 440 g/mol. The van der Waals surface area contributed by atoms with E-state index < -0.39 is 24.0 Å². The topological polar surface area (TPSA) is 34.6 Å². The molecule has 4 rings (SSSR count). The Morgan fingerprint density at radius 3 is 2.57 bits per heavy atom. The van der Waals surface area contributed by atoms with E-state index in [9.17, 15) is 17.6 Å². The summed E-state index contributed by atoms with van der Waals surface area (Å²) in [7, 11) is 2.01. The van der Waals surface area contributed by atoms with Crippen LogP contribution in [0.25, 0.3) is 10.2 Å². The van der Waals surface area contributed by atoms with E-state index in [-0.39, 0.29) is 11.7 Å². The maximum absolute atomic E-state index is 14.8. The lowest BCUT2D eigenvalue weighted by molar-refractivity contribution is -0.274. The molecule has 0 spiro atoms. The fourth-order valence-corrected chi connectivity index (χ4v) is 4.52. The van der Waals surface area contributed by atoms with Gasteiger partial charge in [-0.25, -0.2) is 9.37 Å². The molecule has 2 heterocycles. The minimum atomic E-state index is -4.87. The van der Waals surface area contributed by atoms with Gasteiger partial charge in [-0.05, 0) is 50.2 Å². The Kier molecular flexibility index (Phi) is 5.95. The van der Waals surface area contributed by atoms with Crippen molar-refractivity contribution < 1.29 is 27.0 Å². The second kappa shape index (κ2) is 8.49. The molecule has 1 aliphatic heterocycles. The Hall–Kier alpha value is -2.23. The van der Waals surface area contributed by atoms with Gasteiger partial charge in [0.1, 0.15) is 22.7 Å². The number of ether oxygens (including phenoxy) is 2. The molecule has 0 bridgehead atoms. The summed E-state index contributed by atoms with van der Waals surface area (Å²) < 4.78 is 64.0. The van der Waals surface area contributed by atoms with E-state index >= 15 is 0 Å². The first kappa shape index (κ1) is 21.0. The second-order valence-corrected chi connectivity index (χ2v) is 8.33. The van der Waals surface area contributed by atoms with E-state index in [1.165, 1.54) is 11.3 Å². The Labute approximate surface area is 175 Å². The van der Waals surface area contributed by atoms with Crippen molar-refractivity contribution in [3.05, 3.63) is 58.9 Å². The van der Waals surface area contributed by atoms with E-state index in [4.69, 9.17) is 4.74 Å². The number of aromatic nitrogens is 1. The van der Waals surface area contributed by atoms with Gasteiger partial charge in [0.05, 0.1) is 16.3 Å². The molecule has 30 heavy (non-hydrogen) atoms. The zero-order valence-electron chi connectivity index (χ0n) is 16.2. The van der Waals surface area contributed by atoms with Crippen LogP contribution >= 0.6 is 11.3 Å². The van der Waals surface area contributed by atoms with Crippen molar-refractivity contribution in [1.82, 2.24) is 9.88 Å². The fraction of sp³-hybridized carbons (Fsp3) is 0.381. The highest BCUT2D eigenvalue weighted by Crippen LogP contribution is 2.38. The molecule has 3 aromatic rings. The number of benzene rings is 2. The lowest BCUT2D eigenvalue weighted by atomic mass is 10.1. The van der Waals surface area contributed by atoms with Gasteiger partial charge in [-0.1, -0.05) is 12.1 Å².